The van der Waals surface area contributed by atoms with Gasteiger partial charge in [0, 0.05) is 11.3 Å². The van der Waals surface area contributed by atoms with Gasteiger partial charge in [0.25, 0.3) is 5.78 Å². The van der Waals surface area contributed by atoms with Crippen LogP contribution < -0.4 is 0 Å². The first kappa shape index (κ1) is 19.6. The highest BCUT2D eigenvalue weighted by Crippen LogP contribution is 2.33. The van der Waals surface area contributed by atoms with Crippen LogP contribution in [0.15, 0.2) is 71.8 Å². The number of carbonyl (C=O) groups is 1. The second-order valence-electron chi connectivity index (χ2n) is 5.82. The number of carbonyl (C=O) groups excluding carboxylic acids is 1. The first-order valence-corrected chi connectivity index (χ1v) is 9.17. The average molecular weight is 398 g/mol. The Morgan fingerprint density at radius 3 is 2.21 bits per heavy atom. The third-order valence-corrected chi connectivity index (χ3v) is 4.94. The molecule has 3 rings (SSSR count). The minimum atomic E-state index is -5.06. The maximum atomic E-state index is 13.1. The Morgan fingerprint density at radius 1 is 1.04 bits per heavy atom. The van der Waals surface area contributed by atoms with Gasteiger partial charge in [0.2, 0.25) is 0 Å². The number of halogens is 3. The molecule has 0 radical (unpaired) electrons. The third kappa shape index (κ3) is 4.41. The molecule has 0 spiro atoms. The number of benzene rings is 2. The second kappa shape index (κ2) is 8.28. The van der Waals surface area contributed by atoms with Gasteiger partial charge in [-0.3, -0.25) is 4.79 Å². The Labute approximate surface area is 163 Å². The van der Waals surface area contributed by atoms with E-state index in [-0.39, 0.29) is 16.3 Å². The zero-order chi connectivity index (χ0) is 20.1. The minimum Gasteiger partial charge on any atom is -0.284 e. The standard InChI is InChI=1S/C21H13F3N2OS/c22-21(23,24)19(27)17-11-16(12-25)20(28-13-14-7-3-1-4-8-14)26-18(17)15-9-5-2-6-10-15/h1-11H,13H2. The summed E-state index contributed by atoms with van der Waals surface area (Å²) in [5.74, 6) is -1.53. The lowest BCUT2D eigenvalue weighted by Crippen LogP contribution is -2.24. The van der Waals surface area contributed by atoms with Crippen molar-refractivity contribution in [1.82, 2.24) is 4.98 Å². The quantitative estimate of drug-likeness (QED) is 0.411. The number of aromatic nitrogens is 1. The highest BCUT2D eigenvalue weighted by atomic mass is 32.2. The molecule has 0 aliphatic rings. The number of hydrogen-bond donors (Lipinski definition) is 0. The first-order chi connectivity index (χ1) is 13.4. The predicted octanol–water partition coefficient (Wildman–Crippen LogP) is 5.66. The fourth-order valence-corrected chi connectivity index (χ4v) is 3.47. The zero-order valence-electron chi connectivity index (χ0n) is 14.4. The van der Waals surface area contributed by atoms with Gasteiger partial charge < -0.3 is 0 Å². The number of alkyl halides is 3. The summed E-state index contributed by atoms with van der Waals surface area (Å²) >= 11 is 1.24. The van der Waals surface area contributed by atoms with Crippen LogP contribution in [-0.2, 0) is 5.75 Å². The largest absolute Gasteiger partial charge is 0.454 e. The molecular formula is C21H13F3N2OS. The van der Waals surface area contributed by atoms with Crippen molar-refractivity contribution in [2.45, 2.75) is 17.0 Å². The second-order valence-corrected chi connectivity index (χ2v) is 6.78. The Balaban J connectivity index is 2.09. The molecule has 3 nitrogen and oxygen atoms in total. The topological polar surface area (TPSA) is 53.8 Å². The van der Waals surface area contributed by atoms with Crippen molar-refractivity contribution in [2.75, 3.05) is 0 Å². The van der Waals surface area contributed by atoms with E-state index >= 15 is 0 Å². The molecule has 0 aliphatic carbocycles. The van der Waals surface area contributed by atoms with Crippen molar-refractivity contribution in [3.8, 4) is 17.3 Å². The van der Waals surface area contributed by atoms with Crippen molar-refractivity contribution >= 4 is 17.5 Å². The van der Waals surface area contributed by atoms with Crippen molar-refractivity contribution in [2.24, 2.45) is 0 Å². The summed E-state index contributed by atoms with van der Waals surface area (Å²) in [6, 6.07) is 20.4. The van der Waals surface area contributed by atoms with Crippen LogP contribution in [0.2, 0.25) is 0 Å². The molecule has 0 unspecified atom stereocenters. The van der Waals surface area contributed by atoms with Crippen LogP contribution in [0.5, 0.6) is 0 Å². The number of pyridine rings is 1. The van der Waals surface area contributed by atoms with Gasteiger partial charge >= 0.3 is 6.18 Å². The maximum Gasteiger partial charge on any atom is 0.454 e. The van der Waals surface area contributed by atoms with Gasteiger partial charge in [-0.25, -0.2) is 4.98 Å². The Hall–Kier alpha value is -3.11. The van der Waals surface area contributed by atoms with E-state index in [9.17, 15) is 23.2 Å². The Morgan fingerprint density at radius 2 is 1.64 bits per heavy atom. The molecule has 0 bridgehead atoms. The van der Waals surface area contributed by atoms with Crippen molar-refractivity contribution in [3.05, 3.63) is 83.4 Å². The number of hydrogen-bond acceptors (Lipinski definition) is 4. The molecule has 0 fully saturated rings. The normalized spacial score (nSPS) is 11.1. The fourth-order valence-electron chi connectivity index (χ4n) is 2.55. The van der Waals surface area contributed by atoms with E-state index in [2.05, 4.69) is 4.98 Å². The van der Waals surface area contributed by atoms with Crippen LogP contribution in [-0.4, -0.2) is 16.9 Å². The van der Waals surface area contributed by atoms with Gasteiger partial charge in [-0.05, 0) is 11.6 Å². The summed E-state index contributed by atoms with van der Waals surface area (Å²) in [7, 11) is 0. The van der Waals surface area contributed by atoms with Crippen LogP contribution >= 0.6 is 11.8 Å². The molecule has 3 aromatic rings. The number of nitriles is 1. The fraction of sp³-hybridized carbons (Fsp3) is 0.0952. The summed E-state index contributed by atoms with van der Waals surface area (Å²) in [4.78, 5) is 16.2. The lowest BCUT2D eigenvalue weighted by molar-refractivity contribution is -0.0885. The Bertz CT molecular complexity index is 1030. The number of nitrogens with zero attached hydrogens (tertiary/aromatic N) is 2. The molecule has 0 saturated heterocycles. The molecule has 140 valence electrons. The summed E-state index contributed by atoms with van der Waals surface area (Å²) in [5.41, 5.74) is 0.584. The number of Topliss-reactive ketones (excluding diaryl/α,β-unsaturated/α-hetero) is 1. The highest BCUT2D eigenvalue weighted by Gasteiger charge is 2.41. The van der Waals surface area contributed by atoms with Gasteiger partial charge in [-0.1, -0.05) is 60.7 Å². The van der Waals surface area contributed by atoms with Crippen LogP contribution in [0.25, 0.3) is 11.3 Å². The highest BCUT2D eigenvalue weighted by molar-refractivity contribution is 7.98. The predicted molar refractivity (Wildman–Crippen MR) is 101 cm³/mol. The first-order valence-electron chi connectivity index (χ1n) is 8.19. The van der Waals surface area contributed by atoms with E-state index in [1.165, 1.54) is 11.8 Å². The Kier molecular flexibility index (Phi) is 5.81. The lowest BCUT2D eigenvalue weighted by atomic mass is 10.0. The third-order valence-electron chi connectivity index (χ3n) is 3.88. The van der Waals surface area contributed by atoms with E-state index in [4.69, 9.17) is 0 Å². The molecule has 7 heteroatoms. The summed E-state index contributed by atoms with van der Waals surface area (Å²) in [6.07, 6.45) is -5.06. The van der Waals surface area contributed by atoms with Gasteiger partial charge in [-0.2, -0.15) is 18.4 Å². The summed E-state index contributed by atoms with van der Waals surface area (Å²) in [5, 5.41) is 9.67. The SMILES string of the molecule is N#Cc1cc(C(=O)C(F)(F)F)c(-c2ccccc2)nc1SCc1ccccc1. The van der Waals surface area contributed by atoms with E-state index in [1.54, 1.807) is 30.3 Å². The summed E-state index contributed by atoms with van der Waals surface area (Å²) in [6.45, 7) is 0. The monoisotopic (exact) mass is 398 g/mol. The van der Waals surface area contributed by atoms with Crippen LogP contribution in [0.3, 0.4) is 0 Å². The molecule has 0 N–H and O–H groups in total. The number of thioether (sulfide) groups is 1. The van der Waals surface area contributed by atoms with Crippen LogP contribution in [0, 0.1) is 11.3 Å². The molecule has 0 saturated carbocycles. The number of ketones is 1. The van der Waals surface area contributed by atoms with Crippen molar-refractivity contribution in [1.29, 1.82) is 5.26 Å². The summed E-state index contributed by atoms with van der Waals surface area (Å²) < 4.78 is 39.2. The van der Waals surface area contributed by atoms with Gasteiger partial charge in [0.1, 0.15) is 11.1 Å². The van der Waals surface area contributed by atoms with E-state index in [0.717, 1.165) is 11.6 Å². The number of rotatable bonds is 5. The van der Waals surface area contributed by atoms with E-state index in [1.807, 2.05) is 36.4 Å². The van der Waals surface area contributed by atoms with Crippen LogP contribution in [0.1, 0.15) is 21.5 Å². The van der Waals surface area contributed by atoms with Crippen LogP contribution in [0.4, 0.5) is 13.2 Å². The minimum absolute atomic E-state index is 0.0618. The van der Waals surface area contributed by atoms with E-state index < -0.39 is 17.5 Å². The molecule has 1 heterocycles. The maximum absolute atomic E-state index is 13.1. The van der Waals surface area contributed by atoms with Gasteiger partial charge in [0.05, 0.1) is 16.8 Å². The molecule has 0 atom stereocenters. The molecule has 2 aromatic carbocycles. The average Bonchev–Trinajstić information content (AvgIpc) is 2.71. The van der Waals surface area contributed by atoms with Crippen molar-refractivity contribution < 1.29 is 18.0 Å². The lowest BCUT2D eigenvalue weighted by Gasteiger charge is -2.13. The molecule has 0 amide bonds. The molecule has 28 heavy (non-hydrogen) atoms. The molecule has 1 aromatic heterocycles. The van der Waals surface area contributed by atoms with Gasteiger partial charge in [0.15, 0.2) is 0 Å². The smallest absolute Gasteiger partial charge is 0.284 e. The van der Waals surface area contributed by atoms with E-state index in [0.29, 0.717) is 11.3 Å². The van der Waals surface area contributed by atoms with Gasteiger partial charge in [-0.15, -0.1) is 11.8 Å². The zero-order valence-corrected chi connectivity index (χ0v) is 15.2. The molecular weight excluding hydrogens is 385 g/mol. The molecule has 0 aliphatic heterocycles. The van der Waals surface area contributed by atoms with Crippen molar-refractivity contribution in [3.63, 3.8) is 0 Å².